The molecule has 2 aromatic carbocycles. The Bertz CT molecular complexity index is 914. The fourth-order valence-corrected chi connectivity index (χ4v) is 4.04. The van der Waals surface area contributed by atoms with Gasteiger partial charge in [0.1, 0.15) is 0 Å². The van der Waals surface area contributed by atoms with Crippen LogP contribution in [0.3, 0.4) is 0 Å². The van der Waals surface area contributed by atoms with Gasteiger partial charge in [0.25, 0.3) is 5.69 Å². The third-order valence-electron chi connectivity index (χ3n) is 3.59. The van der Waals surface area contributed by atoms with Crippen LogP contribution in [-0.4, -0.2) is 26.7 Å². The van der Waals surface area contributed by atoms with Crippen LogP contribution in [0.4, 0.5) is 5.69 Å². The molecule has 0 saturated heterocycles. The summed E-state index contributed by atoms with van der Waals surface area (Å²) in [7, 11) is -3.73. The van der Waals surface area contributed by atoms with Crippen molar-refractivity contribution in [1.82, 2.24) is 4.72 Å². The van der Waals surface area contributed by atoms with Crippen LogP contribution in [-0.2, 0) is 16.4 Å². The van der Waals surface area contributed by atoms with Gasteiger partial charge in [-0.25, -0.2) is 13.1 Å². The number of nitrogens with one attached hydrogen (secondary N) is 1. The number of rotatable bonds is 6. The highest BCUT2D eigenvalue weighted by atomic mass is 127. The monoisotopic (exact) mass is 476 g/mol. The summed E-state index contributed by atoms with van der Waals surface area (Å²) >= 11 is 2.16. The van der Waals surface area contributed by atoms with E-state index in [1.54, 1.807) is 0 Å². The molecule has 1 heterocycles. The molecule has 8 nitrogen and oxygen atoms in total. The van der Waals surface area contributed by atoms with Crippen LogP contribution in [0.5, 0.6) is 11.5 Å². The first-order chi connectivity index (χ1) is 11.9. The predicted molar refractivity (Wildman–Crippen MR) is 97.3 cm³/mol. The highest BCUT2D eigenvalue weighted by Gasteiger charge is 2.18. The number of sulfonamides is 1. The number of non-ortho nitro benzene ring substituents is 1. The lowest BCUT2D eigenvalue weighted by atomic mass is 10.1. The lowest BCUT2D eigenvalue weighted by molar-refractivity contribution is -0.384. The molecule has 0 spiro atoms. The molecular weight excluding hydrogens is 463 g/mol. The third kappa shape index (κ3) is 4.02. The topological polar surface area (TPSA) is 108 Å². The van der Waals surface area contributed by atoms with Crippen LogP contribution in [0.15, 0.2) is 41.3 Å². The summed E-state index contributed by atoms with van der Waals surface area (Å²) in [6.07, 6.45) is 0.473. The zero-order valence-electron chi connectivity index (χ0n) is 12.8. The molecule has 0 amide bonds. The van der Waals surface area contributed by atoms with Crippen LogP contribution < -0.4 is 14.2 Å². The van der Waals surface area contributed by atoms with Gasteiger partial charge in [0.05, 0.1) is 9.82 Å². The van der Waals surface area contributed by atoms with Crippen LogP contribution in [0, 0.1) is 13.7 Å². The van der Waals surface area contributed by atoms with E-state index in [0.29, 0.717) is 17.9 Å². The number of benzene rings is 2. The predicted octanol–water partition coefficient (Wildman–Crippen LogP) is 2.45. The molecule has 2 aromatic rings. The molecule has 1 N–H and O–H groups in total. The maximum Gasteiger partial charge on any atom is 0.269 e. The zero-order chi connectivity index (χ0) is 18.0. The molecule has 0 aromatic heterocycles. The Hall–Kier alpha value is -1.92. The molecule has 0 fully saturated rings. The van der Waals surface area contributed by atoms with Gasteiger partial charge in [0, 0.05) is 22.2 Å². The van der Waals surface area contributed by atoms with E-state index in [1.165, 1.54) is 12.1 Å². The van der Waals surface area contributed by atoms with E-state index in [-0.39, 0.29) is 23.9 Å². The Morgan fingerprint density at radius 1 is 1.16 bits per heavy atom. The molecule has 3 rings (SSSR count). The van der Waals surface area contributed by atoms with Gasteiger partial charge in [0.15, 0.2) is 11.5 Å². The molecular formula is C15H13IN2O6S. The number of nitro benzene ring substituents is 1. The first kappa shape index (κ1) is 17.9. The van der Waals surface area contributed by atoms with Gasteiger partial charge in [-0.15, -0.1) is 0 Å². The highest BCUT2D eigenvalue weighted by molar-refractivity contribution is 14.1. The smallest absolute Gasteiger partial charge is 0.269 e. The Morgan fingerprint density at radius 3 is 2.44 bits per heavy atom. The molecule has 0 aliphatic carbocycles. The van der Waals surface area contributed by atoms with E-state index in [0.717, 1.165) is 21.3 Å². The summed E-state index contributed by atoms with van der Waals surface area (Å²) in [5.74, 6) is 1.33. The van der Waals surface area contributed by atoms with Gasteiger partial charge in [-0.05, 0) is 58.8 Å². The van der Waals surface area contributed by atoms with Crippen molar-refractivity contribution in [2.75, 3.05) is 13.3 Å². The average molecular weight is 476 g/mol. The lowest BCUT2D eigenvalue weighted by Gasteiger charge is -2.09. The zero-order valence-corrected chi connectivity index (χ0v) is 15.7. The van der Waals surface area contributed by atoms with Crippen LogP contribution in [0.2, 0.25) is 0 Å². The molecule has 0 unspecified atom stereocenters. The number of nitro groups is 1. The van der Waals surface area contributed by atoms with Crippen molar-refractivity contribution in [2.45, 2.75) is 11.3 Å². The molecule has 0 radical (unpaired) electrons. The largest absolute Gasteiger partial charge is 0.454 e. The third-order valence-corrected chi connectivity index (χ3v) is 6.07. The molecule has 10 heteroatoms. The summed E-state index contributed by atoms with van der Waals surface area (Å²) in [5.41, 5.74) is 0.783. The summed E-state index contributed by atoms with van der Waals surface area (Å²) < 4.78 is 38.6. The summed E-state index contributed by atoms with van der Waals surface area (Å²) in [6.45, 7) is 0.372. The fourth-order valence-electron chi connectivity index (χ4n) is 2.30. The summed E-state index contributed by atoms with van der Waals surface area (Å²) in [5, 5.41) is 10.6. The number of hydrogen-bond acceptors (Lipinski definition) is 6. The molecule has 0 bridgehead atoms. The average Bonchev–Trinajstić information content (AvgIpc) is 3.02. The molecule has 1 aliphatic rings. The van der Waals surface area contributed by atoms with Crippen molar-refractivity contribution < 1.29 is 22.8 Å². The number of halogens is 1. The van der Waals surface area contributed by atoms with Crippen LogP contribution in [0.25, 0.3) is 0 Å². The molecule has 0 atom stereocenters. The maximum atomic E-state index is 12.2. The van der Waals surface area contributed by atoms with E-state index in [2.05, 4.69) is 27.3 Å². The van der Waals surface area contributed by atoms with Crippen molar-refractivity contribution >= 4 is 38.3 Å². The number of nitrogens with zero attached hydrogens (tertiary/aromatic N) is 1. The lowest BCUT2D eigenvalue weighted by Crippen LogP contribution is -2.26. The first-order valence-electron chi connectivity index (χ1n) is 7.19. The number of ether oxygens (including phenoxy) is 2. The van der Waals surface area contributed by atoms with Crippen LogP contribution in [0.1, 0.15) is 5.56 Å². The van der Waals surface area contributed by atoms with Crippen molar-refractivity contribution in [3.05, 3.63) is 55.6 Å². The minimum atomic E-state index is -3.73. The molecule has 1 aliphatic heterocycles. The van der Waals surface area contributed by atoms with E-state index in [4.69, 9.17) is 9.47 Å². The van der Waals surface area contributed by atoms with Crippen LogP contribution >= 0.6 is 22.6 Å². The van der Waals surface area contributed by atoms with Gasteiger partial charge >= 0.3 is 0 Å². The molecule has 132 valence electrons. The summed E-state index contributed by atoms with van der Waals surface area (Å²) in [4.78, 5) is 10.0. The molecule has 25 heavy (non-hydrogen) atoms. The SMILES string of the molecule is O=[N+]([O-])c1ccc(S(=O)(=O)NCCc2cc3c(cc2I)OCO3)cc1. The maximum absolute atomic E-state index is 12.2. The Morgan fingerprint density at radius 2 is 1.80 bits per heavy atom. The van der Waals surface area contributed by atoms with Gasteiger partial charge in [-0.3, -0.25) is 10.1 Å². The Balaban J connectivity index is 1.66. The normalized spacial score (nSPS) is 13.0. The van der Waals surface area contributed by atoms with Crippen molar-refractivity contribution in [3.63, 3.8) is 0 Å². The van der Waals surface area contributed by atoms with E-state index < -0.39 is 14.9 Å². The first-order valence-corrected chi connectivity index (χ1v) is 9.75. The highest BCUT2D eigenvalue weighted by Crippen LogP contribution is 2.35. The Kier molecular flexibility index (Phi) is 5.11. The fraction of sp³-hybridized carbons (Fsp3) is 0.200. The molecule has 0 saturated carbocycles. The van der Waals surface area contributed by atoms with Gasteiger partial charge in [0.2, 0.25) is 16.8 Å². The van der Waals surface area contributed by atoms with Crippen molar-refractivity contribution in [3.8, 4) is 11.5 Å². The quantitative estimate of drug-likeness (QED) is 0.390. The van der Waals surface area contributed by atoms with Crippen molar-refractivity contribution in [2.24, 2.45) is 0 Å². The minimum Gasteiger partial charge on any atom is -0.454 e. The van der Waals surface area contributed by atoms with E-state index in [1.807, 2.05) is 12.1 Å². The van der Waals surface area contributed by atoms with Gasteiger partial charge in [-0.1, -0.05) is 0 Å². The second-order valence-corrected chi connectivity index (χ2v) is 8.12. The second kappa shape index (κ2) is 7.14. The standard InChI is InChI=1S/C15H13IN2O6S/c16-13-8-15-14(23-9-24-15)7-10(13)5-6-17-25(21,22)12-3-1-11(2-4-12)18(19)20/h1-4,7-8,17H,5-6,9H2. The van der Waals surface area contributed by atoms with Gasteiger partial charge < -0.3 is 9.47 Å². The van der Waals surface area contributed by atoms with E-state index in [9.17, 15) is 18.5 Å². The number of fused-ring (bicyclic) bond motifs is 1. The van der Waals surface area contributed by atoms with E-state index >= 15 is 0 Å². The minimum absolute atomic E-state index is 0.0153. The Labute approximate surface area is 157 Å². The van der Waals surface area contributed by atoms with Gasteiger partial charge in [-0.2, -0.15) is 0 Å². The second-order valence-electron chi connectivity index (χ2n) is 5.20. The summed E-state index contributed by atoms with van der Waals surface area (Å²) in [6, 6.07) is 8.44. The number of hydrogen-bond donors (Lipinski definition) is 1. The van der Waals surface area contributed by atoms with Crippen molar-refractivity contribution in [1.29, 1.82) is 0 Å².